The highest BCUT2D eigenvalue weighted by molar-refractivity contribution is 8.03. The fraction of sp³-hybridized carbons (Fsp3) is 0.571. The van der Waals surface area contributed by atoms with E-state index >= 15 is 0 Å². The van der Waals surface area contributed by atoms with Crippen LogP contribution in [0.1, 0.15) is 6.92 Å². The first-order chi connectivity index (χ1) is 5.22. The van der Waals surface area contributed by atoms with Gasteiger partial charge < -0.3 is 10.0 Å². The lowest BCUT2D eigenvalue weighted by Crippen LogP contribution is -2.58. The number of carbonyl (C=O) groups is 1. The highest BCUT2D eigenvalue weighted by Crippen LogP contribution is 2.42. The Bertz CT molecular complexity index is 226. The number of thioether (sulfide) groups is 1. The summed E-state index contributed by atoms with van der Waals surface area (Å²) in [4.78, 5) is 12.9. The number of fused-ring (bicyclic) bond motifs is 1. The Morgan fingerprint density at radius 2 is 2.55 bits per heavy atom. The monoisotopic (exact) mass is 171 g/mol. The molecule has 4 heteroatoms. The molecule has 2 aliphatic heterocycles. The molecule has 0 radical (unpaired) electrons. The zero-order valence-electron chi connectivity index (χ0n) is 6.10. The van der Waals surface area contributed by atoms with Gasteiger partial charge >= 0.3 is 0 Å². The summed E-state index contributed by atoms with van der Waals surface area (Å²) in [7, 11) is 0. The van der Waals surface area contributed by atoms with Crippen LogP contribution in [0.3, 0.4) is 0 Å². The highest BCUT2D eigenvalue weighted by Gasteiger charge is 2.50. The van der Waals surface area contributed by atoms with Gasteiger partial charge in [0.1, 0.15) is 5.37 Å². The van der Waals surface area contributed by atoms with E-state index in [1.807, 2.05) is 5.41 Å². The van der Waals surface area contributed by atoms with Crippen molar-refractivity contribution in [1.29, 1.82) is 0 Å². The molecule has 2 rings (SSSR count). The molecule has 0 spiro atoms. The second-order valence-corrected chi connectivity index (χ2v) is 3.85. The second kappa shape index (κ2) is 2.25. The van der Waals surface area contributed by atoms with Crippen molar-refractivity contribution in [3.05, 3.63) is 11.6 Å². The molecule has 0 saturated carbocycles. The van der Waals surface area contributed by atoms with Gasteiger partial charge in [0.2, 0.25) is 5.91 Å². The predicted molar refractivity (Wildman–Crippen MR) is 42.5 cm³/mol. The summed E-state index contributed by atoms with van der Waals surface area (Å²) in [6, 6.07) is 0. The van der Waals surface area contributed by atoms with Crippen LogP contribution in [0.25, 0.3) is 0 Å². The molecule has 1 N–H and O–H groups in total. The largest absolute Gasteiger partial charge is 0.392 e. The van der Waals surface area contributed by atoms with E-state index in [-0.39, 0.29) is 17.2 Å². The van der Waals surface area contributed by atoms with Crippen molar-refractivity contribution in [2.45, 2.75) is 18.4 Å². The number of hydrogen-bond acceptors (Lipinski definition) is 3. The van der Waals surface area contributed by atoms with Crippen LogP contribution >= 0.6 is 11.8 Å². The van der Waals surface area contributed by atoms with Gasteiger partial charge in [0.15, 0.2) is 0 Å². The van der Waals surface area contributed by atoms with Crippen LogP contribution in [-0.4, -0.2) is 27.4 Å². The second-order valence-electron chi connectivity index (χ2n) is 2.82. The van der Waals surface area contributed by atoms with Gasteiger partial charge in [-0.2, -0.15) is 0 Å². The van der Waals surface area contributed by atoms with Crippen LogP contribution in [0.2, 0.25) is 0 Å². The summed E-state index contributed by atoms with van der Waals surface area (Å²) in [5, 5.41) is 11.3. The van der Waals surface area contributed by atoms with Crippen molar-refractivity contribution < 1.29 is 9.90 Å². The Morgan fingerprint density at radius 3 is 3.18 bits per heavy atom. The van der Waals surface area contributed by atoms with Gasteiger partial charge in [0.25, 0.3) is 0 Å². The lowest BCUT2D eigenvalue weighted by Gasteiger charge is -2.42. The first kappa shape index (κ1) is 7.18. The smallest absolute Gasteiger partial charge is 0.236 e. The molecule has 3 atom stereocenters. The van der Waals surface area contributed by atoms with E-state index in [4.69, 9.17) is 0 Å². The van der Waals surface area contributed by atoms with Crippen molar-refractivity contribution in [2.24, 2.45) is 5.92 Å². The number of aliphatic hydroxyl groups is 1. The van der Waals surface area contributed by atoms with E-state index in [9.17, 15) is 9.90 Å². The molecule has 0 bridgehead atoms. The van der Waals surface area contributed by atoms with Crippen molar-refractivity contribution in [2.75, 3.05) is 0 Å². The van der Waals surface area contributed by atoms with Crippen LogP contribution < -0.4 is 0 Å². The molecule has 2 aliphatic rings. The highest BCUT2D eigenvalue weighted by atomic mass is 32.2. The predicted octanol–water partition coefficient (Wildman–Crippen LogP) is 0.370. The molecule has 2 heterocycles. The molecule has 0 aromatic carbocycles. The number of amides is 1. The fourth-order valence-electron chi connectivity index (χ4n) is 1.44. The van der Waals surface area contributed by atoms with E-state index in [1.54, 1.807) is 29.8 Å². The minimum Gasteiger partial charge on any atom is -0.392 e. The Labute approximate surface area is 69.1 Å². The molecule has 3 nitrogen and oxygen atoms in total. The van der Waals surface area contributed by atoms with Crippen LogP contribution in [-0.2, 0) is 4.79 Å². The van der Waals surface area contributed by atoms with Crippen LogP contribution in [0, 0.1) is 5.92 Å². The topological polar surface area (TPSA) is 40.5 Å². The summed E-state index contributed by atoms with van der Waals surface area (Å²) in [5.74, 6) is -0.138. The molecule has 1 fully saturated rings. The number of nitrogens with zero attached hydrogens (tertiary/aromatic N) is 1. The van der Waals surface area contributed by atoms with Gasteiger partial charge in [0, 0.05) is 6.20 Å². The fourth-order valence-corrected chi connectivity index (χ4v) is 2.63. The quantitative estimate of drug-likeness (QED) is 0.579. The van der Waals surface area contributed by atoms with Crippen LogP contribution in [0.4, 0.5) is 0 Å². The molecule has 0 aromatic heterocycles. The Balaban J connectivity index is 2.12. The minimum atomic E-state index is -0.517. The third kappa shape index (κ3) is 0.827. The van der Waals surface area contributed by atoms with Crippen LogP contribution in [0.5, 0.6) is 0 Å². The maximum absolute atomic E-state index is 11.2. The molecule has 0 aromatic rings. The molecule has 1 amide bonds. The molecule has 0 aliphatic carbocycles. The number of aliphatic hydroxyl groups excluding tert-OH is 1. The van der Waals surface area contributed by atoms with Crippen molar-refractivity contribution >= 4 is 17.7 Å². The van der Waals surface area contributed by atoms with E-state index in [0.29, 0.717) is 0 Å². The number of β-lactam (4-membered cyclic amide) rings is 1. The summed E-state index contributed by atoms with van der Waals surface area (Å²) >= 11 is 1.60. The van der Waals surface area contributed by atoms with E-state index in [1.165, 1.54) is 0 Å². The molecule has 11 heavy (non-hydrogen) atoms. The molecular formula is C7H9NO2S. The average Bonchev–Trinajstić information content (AvgIpc) is 2.30. The zero-order valence-corrected chi connectivity index (χ0v) is 6.91. The van der Waals surface area contributed by atoms with Gasteiger partial charge in [0.05, 0.1) is 12.0 Å². The summed E-state index contributed by atoms with van der Waals surface area (Å²) in [6.45, 7) is 1.67. The molecule has 60 valence electrons. The average molecular weight is 171 g/mol. The third-order valence-corrected chi connectivity index (χ3v) is 3.16. The van der Waals surface area contributed by atoms with E-state index < -0.39 is 6.10 Å². The van der Waals surface area contributed by atoms with Gasteiger partial charge in [-0.15, -0.1) is 11.8 Å². The maximum Gasteiger partial charge on any atom is 0.236 e. The van der Waals surface area contributed by atoms with Gasteiger partial charge in [-0.1, -0.05) is 0 Å². The lowest BCUT2D eigenvalue weighted by atomic mass is 9.93. The van der Waals surface area contributed by atoms with Gasteiger partial charge in [-0.3, -0.25) is 4.79 Å². The summed E-state index contributed by atoms with van der Waals surface area (Å²) in [5.41, 5.74) is 0. The first-order valence-electron chi connectivity index (χ1n) is 3.54. The normalized spacial score (nSPS) is 36.9. The third-order valence-electron chi connectivity index (χ3n) is 2.08. The van der Waals surface area contributed by atoms with Crippen molar-refractivity contribution in [1.82, 2.24) is 4.90 Å². The number of carbonyl (C=O) groups excluding carboxylic acids is 1. The Kier molecular flexibility index (Phi) is 1.47. The summed E-state index contributed by atoms with van der Waals surface area (Å²) in [6.07, 6.45) is 1.26. The number of hydrogen-bond donors (Lipinski definition) is 1. The van der Waals surface area contributed by atoms with Crippen LogP contribution in [0.15, 0.2) is 11.6 Å². The number of rotatable bonds is 1. The van der Waals surface area contributed by atoms with Gasteiger partial charge in [-0.05, 0) is 12.3 Å². The zero-order chi connectivity index (χ0) is 8.01. The Morgan fingerprint density at radius 1 is 1.82 bits per heavy atom. The lowest BCUT2D eigenvalue weighted by molar-refractivity contribution is -0.151. The molecule has 1 unspecified atom stereocenters. The molecule has 1 saturated heterocycles. The Hall–Kier alpha value is -0.480. The molecular weight excluding hydrogens is 162 g/mol. The summed E-state index contributed by atoms with van der Waals surface area (Å²) < 4.78 is 0. The SMILES string of the molecule is CC(O)[C@H]1C(=O)N2C=CS[C@H]12. The van der Waals surface area contributed by atoms with Gasteiger partial charge in [-0.25, -0.2) is 0 Å². The maximum atomic E-state index is 11.2. The van der Waals surface area contributed by atoms with Crippen molar-refractivity contribution in [3.63, 3.8) is 0 Å². The van der Waals surface area contributed by atoms with E-state index in [0.717, 1.165) is 0 Å². The first-order valence-corrected chi connectivity index (χ1v) is 4.48. The minimum absolute atomic E-state index is 0.0475. The van der Waals surface area contributed by atoms with Crippen molar-refractivity contribution in [3.8, 4) is 0 Å². The standard InChI is InChI=1S/C7H9NO2S/c1-4(9)5-6(10)8-2-3-11-7(5)8/h2-5,7,9H,1H3/t4?,5-,7+/m0/s1. The van der Waals surface area contributed by atoms with E-state index in [2.05, 4.69) is 0 Å².